The summed E-state index contributed by atoms with van der Waals surface area (Å²) in [6.07, 6.45) is 6.00. The highest BCUT2D eigenvalue weighted by molar-refractivity contribution is 6.03. The van der Waals surface area contributed by atoms with Crippen LogP contribution in [0.2, 0.25) is 0 Å². The number of hydrogen-bond donors (Lipinski definition) is 0. The number of carbonyl (C=O) groups excluding carboxylic acids is 2. The Hall–Kier alpha value is -1.84. The van der Waals surface area contributed by atoms with Crippen LogP contribution in [0.15, 0.2) is 24.3 Å². The normalized spacial score (nSPS) is 11.0. The van der Waals surface area contributed by atoms with E-state index in [1.54, 1.807) is 24.3 Å². The molecule has 1 rings (SSSR count). The van der Waals surface area contributed by atoms with Crippen molar-refractivity contribution in [2.45, 2.75) is 66.2 Å². The van der Waals surface area contributed by atoms with Gasteiger partial charge in [-0.2, -0.15) is 0 Å². The highest BCUT2D eigenvalue weighted by atomic mass is 16.5. The van der Waals surface area contributed by atoms with Gasteiger partial charge in [-0.1, -0.05) is 65.5 Å². The maximum atomic E-state index is 12.4. The van der Waals surface area contributed by atoms with Crippen molar-refractivity contribution in [2.75, 3.05) is 13.2 Å². The monoisotopic (exact) mass is 362 g/mol. The molecule has 0 N–H and O–H groups in total. The zero-order valence-corrected chi connectivity index (χ0v) is 16.8. The second-order valence-electron chi connectivity index (χ2n) is 6.76. The van der Waals surface area contributed by atoms with Crippen LogP contribution in [-0.4, -0.2) is 25.2 Å². The number of benzene rings is 1. The van der Waals surface area contributed by atoms with Gasteiger partial charge in [-0.15, -0.1) is 0 Å². The largest absolute Gasteiger partial charge is 0.462 e. The van der Waals surface area contributed by atoms with Gasteiger partial charge in [-0.05, 0) is 36.8 Å². The number of hydrogen-bond acceptors (Lipinski definition) is 4. The van der Waals surface area contributed by atoms with Gasteiger partial charge in [0.1, 0.15) is 0 Å². The summed E-state index contributed by atoms with van der Waals surface area (Å²) >= 11 is 0. The summed E-state index contributed by atoms with van der Waals surface area (Å²) in [7, 11) is 0. The molecule has 0 bridgehead atoms. The van der Waals surface area contributed by atoms with Crippen molar-refractivity contribution >= 4 is 11.9 Å². The first-order chi connectivity index (χ1) is 12.6. The fourth-order valence-electron chi connectivity index (χ4n) is 3.03. The zero-order chi connectivity index (χ0) is 19.4. The van der Waals surface area contributed by atoms with E-state index >= 15 is 0 Å². The topological polar surface area (TPSA) is 52.6 Å². The van der Waals surface area contributed by atoms with E-state index in [9.17, 15) is 9.59 Å². The van der Waals surface area contributed by atoms with Crippen molar-refractivity contribution in [3.05, 3.63) is 35.4 Å². The molecule has 146 valence electrons. The molecular formula is C22H34O4. The Balaban J connectivity index is 2.62. The SMILES string of the molecule is CCC(CC)CCOC(=O)c1ccccc1C(=O)OCCC(CC)CC. The number of rotatable bonds is 12. The minimum absolute atomic E-state index is 0.282. The first-order valence-electron chi connectivity index (χ1n) is 10.00. The van der Waals surface area contributed by atoms with Gasteiger partial charge >= 0.3 is 11.9 Å². The third-order valence-corrected chi connectivity index (χ3v) is 5.19. The summed E-state index contributed by atoms with van der Waals surface area (Å²) in [5.74, 6) is 0.216. The molecule has 0 spiro atoms. The van der Waals surface area contributed by atoms with Crippen molar-refractivity contribution in [1.82, 2.24) is 0 Å². The maximum absolute atomic E-state index is 12.4. The van der Waals surface area contributed by atoms with E-state index in [0.717, 1.165) is 38.5 Å². The van der Waals surface area contributed by atoms with Gasteiger partial charge in [-0.3, -0.25) is 0 Å². The van der Waals surface area contributed by atoms with Crippen LogP contribution in [0.3, 0.4) is 0 Å². The van der Waals surface area contributed by atoms with Crippen LogP contribution in [0.25, 0.3) is 0 Å². The lowest BCUT2D eigenvalue weighted by Crippen LogP contribution is -2.16. The Labute approximate surface area is 158 Å². The van der Waals surface area contributed by atoms with E-state index < -0.39 is 11.9 Å². The van der Waals surface area contributed by atoms with Gasteiger partial charge in [-0.25, -0.2) is 9.59 Å². The summed E-state index contributed by atoms with van der Waals surface area (Å²) in [5.41, 5.74) is 0.564. The molecule has 26 heavy (non-hydrogen) atoms. The lowest BCUT2D eigenvalue weighted by molar-refractivity contribution is 0.0433. The number of ether oxygens (including phenoxy) is 2. The minimum atomic E-state index is -0.455. The molecule has 0 saturated heterocycles. The molecule has 0 aliphatic carbocycles. The molecule has 0 aromatic heterocycles. The van der Waals surface area contributed by atoms with E-state index in [1.165, 1.54) is 0 Å². The molecule has 0 amide bonds. The Morgan fingerprint density at radius 3 is 1.38 bits per heavy atom. The van der Waals surface area contributed by atoms with Crippen LogP contribution < -0.4 is 0 Å². The maximum Gasteiger partial charge on any atom is 0.339 e. The highest BCUT2D eigenvalue weighted by Gasteiger charge is 2.19. The van der Waals surface area contributed by atoms with Gasteiger partial charge in [0, 0.05) is 0 Å². The van der Waals surface area contributed by atoms with Crippen molar-refractivity contribution in [1.29, 1.82) is 0 Å². The molecule has 4 heteroatoms. The Bertz CT molecular complexity index is 496. The standard InChI is InChI=1S/C22H34O4/c1-5-17(6-2)13-15-25-21(23)19-11-9-10-12-20(19)22(24)26-16-14-18(7-3)8-4/h9-12,17-18H,5-8,13-16H2,1-4H3. The first-order valence-corrected chi connectivity index (χ1v) is 10.00. The third-order valence-electron chi connectivity index (χ3n) is 5.19. The molecule has 0 unspecified atom stereocenters. The number of esters is 2. The average Bonchev–Trinajstić information content (AvgIpc) is 2.68. The Morgan fingerprint density at radius 2 is 1.08 bits per heavy atom. The molecule has 0 radical (unpaired) electrons. The van der Waals surface area contributed by atoms with Gasteiger partial charge in [0.25, 0.3) is 0 Å². The average molecular weight is 363 g/mol. The highest BCUT2D eigenvalue weighted by Crippen LogP contribution is 2.16. The smallest absolute Gasteiger partial charge is 0.339 e. The van der Waals surface area contributed by atoms with Crippen molar-refractivity contribution in [3.63, 3.8) is 0 Å². The van der Waals surface area contributed by atoms with Crippen LogP contribution in [0.1, 0.15) is 86.9 Å². The fraction of sp³-hybridized carbons (Fsp3) is 0.636. The van der Waals surface area contributed by atoms with Gasteiger partial charge in [0.05, 0.1) is 24.3 Å². The van der Waals surface area contributed by atoms with Crippen molar-refractivity contribution in [3.8, 4) is 0 Å². The summed E-state index contributed by atoms with van der Waals surface area (Å²) in [4.78, 5) is 24.7. The molecule has 1 aromatic rings. The second kappa shape index (κ2) is 12.5. The third kappa shape index (κ3) is 7.19. The summed E-state index contributed by atoms with van der Waals surface area (Å²) in [5, 5.41) is 0. The lowest BCUT2D eigenvalue weighted by atomic mass is 10.0. The zero-order valence-electron chi connectivity index (χ0n) is 16.8. The summed E-state index contributed by atoms with van der Waals surface area (Å²) < 4.78 is 10.8. The number of carbonyl (C=O) groups is 2. The predicted molar refractivity (Wildman–Crippen MR) is 104 cm³/mol. The molecule has 0 atom stereocenters. The van der Waals surface area contributed by atoms with Gasteiger partial charge < -0.3 is 9.47 Å². The van der Waals surface area contributed by atoms with Crippen LogP contribution in [0.5, 0.6) is 0 Å². The Kier molecular flexibility index (Phi) is 10.7. The van der Waals surface area contributed by atoms with Crippen LogP contribution in [0.4, 0.5) is 0 Å². The molecule has 0 aliphatic rings. The van der Waals surface area contributed by atoms with Crippen molar-refractivity contribution in [2.24, 2.45) is 11.8 Å². The van der Waals surface area contributed by atoms with E-state index in [-0.39, 0.29) is 11.1 Å². The van der Waals surface area contributed by atoms with E-state index in [1.807, 2.05) is 0 Å². The van der Waals surface area contributed by atoms with Gasteiger partial charge in [0.15, 0.2) is 0 Å². The van der Waals surface area contributed by atoms with Crippen LogP contribution in [0, 0.1) is 11.8 Å². The molecule has 0 aliphatic heterocycles. The summed E-state index contributed by atoms with van der Waals surface area (Å²) in [6, 6.07) is 6.71. The minimum Gasteiger partial charge on any atom is -0.462 e. The molecule has 4 nitrogen and oxygen atoms in total. The van der Waals surface area contributed by atoms with Crippen molar-refractivity contribution < 1.29 is 19.1 Å². The molecule has 0 fully saturated rings. The Morgan fingerprint density at radius 1 is 0.731 bits per heavy atom. The van der Waals surface area contributed by atoms with Crippen LogP contribution >= 0.6 is 0 Å². The van der Waals surface area contributed by atoms with E-state index in [0.29, 0.717) is 25.0 Å². The fourth-order valence-corrected chi connectivity index (χ4v) is 3.03. The lowest BCUT2D eigenvalue weighted by Gasteiger charge is -2.14. The molecular weight excluding hydrogens is 328 g/mol. The molecule has 0 saturated carbocycles. The predicted octanol–water partition coefficient (Wildman–Crippen LogP) is 5.65. The second-order valence-corrected chi connectivity index (χ2v) is 6.76. The van der Waals surface area contributed by atoms with E-state index in [4.69, 9.17) is 9.47 Å². The quantitative estimate of drug-likeness (QED) is 0.451. The van der Waals surface area contributed by atoms with Crippen LogP contribution in [-0.2, 0) is 9.47 Å². The van der Waals surface area contributed by atoms with Gasteiger partial charge in [0.2, 0.25) is 0 Å². The summed E-state index contributed by atoms with van der Waals surface area (Å²) in [6.45, 7) is 9.32. The molecule has 0 heterocycles. The van der Waals surface area contributed by atoms with E-state index in [2.05, 4.69) is 27.7 Å². The first kappa shape index (κ1) is 22.2. The molecule has 1 aromatic carbocycles.